The summed E-state index contributed by atoms with van der Waals surface area (Å²) in [6.07, 6.45) is 4.09. The third kappa shape index (κ3) is 4.74. The van der Waals surface area contributed by atoms with Gasteiger partial charge in [-0.25, -0.2) is 9.67 Å². The standard InChI is InChI=1S/C23H23N5OS3/c1-14-21(22(29)24-13-16-8-10-18(30-3)11-9-16)32-23(25-14)20-15(2)28(27-26-20)17-6-5-7-19(12-17)31-4/h5-12H,13H2,1-4H3,(H,24,29). The predicted molar refractivity (Wildman–Crippen MR) is 133 cm³/mol. The lowest BCUT2D eigenvalue weighted by Crippen LogP contribution is -2.22. The molecule has 32 heavy (non-hydrogen) atoms. The summed E-state index contributed by atoms with van der Waals surface area (Å²) in [5, 5.41) is 12.4. The predicted octanol–water partition coefficient (Wildman–Crippen LogP) is 5.38. The van der Waals surface area contributed by atoms with Crippen molar-refractivity contribution in [2.45, 2.75) is 30.2 Å². The van der Waals surface area contributed by atoms with E-state index in [0.29, 0.717) is 27.8 Å². The molecule has 164 valence electrons. The third-order valence-electron chi connectivity index (χ3n) is 5.01. The normalized spacial score (nSPS) is 11.0. The monoisotopic (exact) mass is 481 g/mol. The maximum Gasteiger partial charge on any atom is 0.263 e. The Kier molecular flexibility index (Phi) is 6.98. The Labute approximate surface area is 199 Å². The molecule has 0 saturated carbocycles. The number of nitrogens with zero attached hydrogens (tertiary/aromatic N) is 4. The summed E-state index contributed by atoms with van der Waals surface area (Å²) in [5.41, 5.74) is 4.28. The maximum absolute atomic E-state index is 12.8. The van der Waals surface area contributed by atoms with Crippen molar-refractivity contribution >= 4 is 40.8 Å². The number of rotatable bonds is 7. The van der Waals surface area contributed by atoms with Crippen molar-refractivity contribution in [3.8, 4) is 16.4 Å². The number of amides is 1. The van der Waals surface area contributed by atoms with Gasteiger partial charge in [0.25, 0.3) is 5.91 Å². The van der Waals surface area contributed by atoms with Crippen LogP contribution in [0.25, 0.3) is 16.4 Å². The second-order valence-corrected chi connectivity index (χ2v) is 9.86. The number of aromatic nitrogens is 4. The summed E-state index contributed by atoms with van der Waals surface area (Å²) in [7, 11) is 0. The molecule has 6 nitrogen and oxygen atoms in total. The summed E-state index contributed by atoms with van der Waals surface area (Å²) in [4.78, 5) is 20.4. The molecular formula is C23H23N5OS3. The highest BCUT2D eigenvalue weighted by Gasteiger charge is 2.20. The molecule has 4 aromatic rings. The number of hydrogen-bond donors (Lipinski definition) is 1. The average molecular weight is 482 g/mol. The summed E-state index contributed by atoms with van der Waals surface area (Å²) < 4.78 is 1.81. The molecule has 0 bridgehead atoms. The van der Waals surface area contributed by atoms with E-state index >= 15 is 0 Å². The van der Waals surface area contributed by atoms with Gasteiger partial charge in [-0.2, -0.15) is 0 Å². The van der Waals surface area contributed by atoms with Crippen LogP contribution in [-0.4, -0.2) is 38.4 Å². The van der Waals surface area contributed by atoms with Crippen LogP contribution >= 0.6 is 34.9 Å². The van der Waals surface area contributed by atoms with E-state index in [0.717, 1.165) is 21.8 Å². The van der Waals surface area contributed by atoms with E-state index in [9.17, 15) is 4.79 Å². The van der Waals surface area contributed by atoms with Crippen LogP contribution in [0, 0.1) is 13.8 Å². The number of aryl methyl sites for hydroxylation is 1. The first-order valence-corrected chi connectivity index (χ1v) is 13.2. The lowest BCUT2D eigenvalue weighted by molar-refractivity contribution is 0.0954. The van der Waals surface area contributed by atoms with E-state index in [1.807, 2.05) is 55.3 Å². The van der Waals surface area contributed by atoms with Crippen molar-refractivity contribution in [2.24, 2.45) is 0 Å². The first-order valence-electron chi connectivity index (χ1n) is 9.95. The fourth-order valence-corrected chi connectivity index (χ4v) is 5.11. The first-order chi connectivity index (χ1) is 15.5. The Bertz CT molecular complexity index is 1250. The fourth-order valence-electron chi connectivity index (χ4n) is 3.23. The Morgan fingerprint density at radius 1 is 1.06 bits per heavy atom. The Hall–Kier alpha value is -2.62. The molecular weight excluding hydrogens is 458 g/mol. The molecule has 0 saturated heterocycles. The first kappa shape index (κ1) is 22.6. The molecule has 1 amide bonds. The van der Waals surface area contributed by atoms with Gasteiger partial charge in [0.05, 0.1) is 17.1 Å². The Morgan fingerprint density at radius 3 is 2.53 bits per heavy atom. The largest absolute Gasteiger partial charge is 0.347 e. The highest BCUT2D eigenvalue weighted by atomic mass is 32.2. The summed E-state index contributed by atoms with van der Waals surface area (Å²) in [5.74, 6) is -0.127. The van der Waals surface area contributed by atoms with Gasteiger partial charge in [0, 0.05) is 16.3 Å². The molecule has 0 aliphatic rings. The average Bonchev–Trinajstić information content (AvgIpc) is 3.40. The molecule has 2 aromatic carbocycles. The van der Waals surface area contributed by atoms with E-state index in [1.165, 1.54) is 16.2 Å². The molecule has 0 radical (unpaired) electrons. The van der Waals surface area contributed by atoms with E-state index in [4.69, 9.17) is 0 Å². The van der Waals surface area contributed by atoms with Gasteiger partial charge in [0.15, 0.2) is 0 Å². The molecule has 1 N–H and O–H groups in total. The lowest BCUT2D eigenvalue weighted by atomic mass is 10.2. The van der Waals surface area contributed by atoms with Crippen molar-refractivity contribution in [3.05, 3.63) is 70.4 Å². The Morgan fingerprint density at radius 2 is 1.81 bits per heavy atom. The molecule has 9 heteroatoms. The van der Waals surface area contributed by atoms with Gasteiger partial charge in [0.2, 0.25) is 0 Å². The van der Waals surface area contributed by atoms with Crippen LogP contribution in [0.5, 0.6) is 0 Å². The van der Waals surface area contributed by atoms with E-state index in [-0.39, 0.29) is 5.91 Å². The van der Waals surface area contributed by atoms with Crippen LogP contribution in [0.2, 0.25) is 0 Å². The van der Waals surface area contributed by atoms with Crippen molar-refractivity contribution in [2.75, 3.05) is 12.5 Å². The van der Waals surface area contributed by atoms with Crippen molar-refractivity contribution in [1.29, 1.82) is 0 Å². The van der Waals surface area contributed by atoms with Gasteiger partial charge in [-0.05, 0) is 62.3 Å². The summed E-state index contributed by atoms with van der Waals surface area (Å²) >= 11 is 4.73. The van der Waals surface area contributed by atoms with E-state index in [2.05, 4.69) is 44.9 Å². The van der Waals surface area contributed by atoms with Gasteiger partial charge in [-0.1, -0.05) is 23.4 Å². The zero-order chi connectivity index (χ0) is 22.7. The number of benzene rings is 2. The number of carbonyl (C=O) groups is 1. The number of hydrogen-bond acceptors (Lipinski definition) is 7. The molecule has 2 aromatic heterocycles. The van der Waals surface area contributed by atoms with Gasteiger partial charge >= 0.3 is 0 Å². The molecule has 0 unspecified atom stereocenters. The van der Waals surface area contributed by atoms with Crippen LogP contribution in [0.4, 0.5) is 0 Å². The zero-order valence-electron chi connectivity index (χ0n) is 18.2. The molecule has 2 heterocycles. The van der Waals surface area contributed by atoms with Crippen LogP contribution in [0.1, 0.15) is 26.6 Å². The minimum atomic E-state index is -0.127. The smallest absolute Gasteiger partial charge is 0.263 e. The van der Waals surface area contributed by atoms with Crippen molar-refractivity contribution in [3.63, 3.8) is 0 Å². The van der Waals surface area contributed by atoms with Gasteiger partial charge in [0.1, 0.15) is 15.6 Å². The van der Waals surface area contributed by atoms with Crippen LogP contribution < -0.4 is 5.32 Å². The number of thioether (sulfide) groups is 2. The quantitative estimate of drug-likeness (QED) is 0.357. The molecule has 4 rings (SSSR count). The molecule has 0 aliphatic carbocycles. The second kappa shape index (κ2) is 9.89. The van der Waals surface area contributed by atoms with Crippen LogP contribution in [-0.2, 0) is 6.54 Å². The highest BCUT2D eigenvalue weighted by Crippen LogP contribution is 2.30. The highest BCUT2D eigenvalue weighted by molar-refractivity contribution is 7.98. The topological polar surface area (TPSA) is 72.7 Å². The fraction of sp³-hybridized carbons (Fsp3) is 0.217. The van der Waals surface area contributed by atoms with Crippen molar-refractivity contribution < 1.29 is 4.79 Å². The van der Waals surface area contributed by atoms with Crippen LogP contribution in [0.3, 0.4) is 0 Å². The lowest BCUT2D eigenvalue weighted by Gasteiger charge is -2.05. The molecule has 0 aliphatic heterocycles. The second-order valence-electron chi connectivity index (χ2n) is 7.10. The van der Waals surface area contributed by atoms with E-state index in [1.54, 1.807) is 23.5 Å². The minimum Gasteiger partial charge on any atom is -0.347 e. The zero-order valence-corrected chi connectivity index (χ0v) is 20.7. The van der Waals surface area contributed by atoms with Crippen molar-refractivity contribution in [1.82, 2.24) is 25.3 Å². The number of carbonyl (C=O) groups excluding carboxylic acids is 1. The minimum absolute atomic E-state index is 0.127. The Balaban J connectivity index is 1.53. The summed E-state index contributed by atoms with van der Waals surface area (Å²) in [6, 6.07) is 16.3. The number of thiazole rings is 1. The third-order valence-corrected chi connectivity index (χ3v) is 7.64. The molecule has 0 atom stereocenters. The van der Waals surface area contributed by atoms with Gasteiger partial charge in [-0.3, -0.25) is 4.79 Å². The molecule has 0 fully saturated rings. The summed E-state index contributed by atoms with van der Waals surface area (Å²) in [6.45, 7) is 4.29. The molecule has 0 spiro atoms. The SMILES string of the molecule is CSc1ccc(CNC(=O)c2sc(-c3nnn(-c4cccc(SC)c4)c3C)nc2C)cc1. The van der Waals surface area contributed by atoms with Gasteiger partial charge < -0.3 is 5.32 Å². The maximum atomic E-state index is 12.8. The number of nitrogens with one attached hydrogen (secondary N) is 1. The van der Waals surface area contributed by atoms with E-state index < -0.39 is 0 Å². The van der Waals surface area contributed by atoms with Crippen LogP contribution in [0.15, 0.2) is 58.3 Å². The van der Waals surface area contributed by atoms with Gasteiger partial charge in [-0.15, -0.1) is 40.0 Å².